The van der Waals surface area contributed by atoms with E-state index in [4.69, 9.17) is 0 Å². The molecule has 0 aliphatic heterocycles. The number of rotatable bonds is 0. The molecule has 0 aromatic heterocycles. The van der Waals surface area contributed by atoms with E-state index < -0.39 is 0 Å². The minimum Gasteiger partial charge on any atom is -2.00 e. The molecular weight excluding hydrogens is 265 g/mol. The summed E-state index contributed by atoms with van der Waals surface area (Å²) in [5, 5.41) is 0. The van der Waals surface area contributed by atoms with Crippen LogP contribution in [0.15, 0.2) is 0 Å². The van der Waals surface area contributed by atoms with Crippen molar-refractivity contribution in [2.24, 2.45) is 0 Å². The third-order valence-corrected chi connectivity index (χ3v) is 0. The van der Waals surface area contributed by atoms with E-state index in [1.807, 2.05) is 0 Å². The van der Waals surface area contributed by atoms with Gasteiger partial charge in [-0.15, -0.1) is 0 Å². The van der Waals surface area contributed by atoms with E-state index in [2.05, 4.69) is 0 Å². The van der Waals surface area contributed by atoms with Crippen molar-refractivity contribution in [1.82, 2.24) is 0 Å². The van der Waals surface area contributed by atoms with E-state index in [0.29, 0.717) is 0 Å². The zero-order valence-corrected chi connectivity index (χ0v) is 8.84. The molecule has 4 heteroatoms. The Labute approximate surface area is 90.9 Å². The fraction of sp³-hybridized carbons (Fsp3) is 0. The van der Waals surface area contributed by atoms with Gasteiger partial charge in [0, 0.05) is 0 Å². The molecule has 1 radical (unpaired) electrons. The molecule has 0 aliphatic carbocycles. The fourth-order valence-electron chi connectivity index (χ4n) is 0. The van der Waals surface area contributed by atoms with Gasteiger partial charge in [0.25, 0.3) is 0 Å². The maximum Gasteiger partial charge on any atom is 2.00 e. The van der Waals surface area contributed by atoms with Gasteiger partial charge in [-0.1, -0.05) is 0 Å². The van der Waals surface area contributed by atoms with E-state index in [1.54, 1.807) is 0 Å². The van der Waals surface area contributed by atoms with Crippen molar-refractivity contribution < 1.29 is 17.1 Å². The van der Waals surface area contributed by atoms with Crippen molar-refractivity contribution in [3.63, 3.8) is 0 Å². The normalized spacial score (nSPS) is 0. The van der Waals surface area contributed by atoms with Crippen LogP contribution in [0.4, 0.5) is 0 Å². The average molecular weight is 265 g/mol. The first-order chi connectivity index (χ1) is 0. The Kier molecular flexibility index (Phi) is 125. The van der Waals surface area contributed by atoms with Gasteiger partial charge >= 0.3 is 65.9 Å². The monoisotopic (exact) mass is 265 g/mol. The molecule has 0 aromatic carbocycles. The van der Waals surface area contributed by atoms with Crippen molar-refractivity contribution in [2.45, 2.75) is 0 Å². The van der Waals surface area contributed by atoms with Gasteiger partial charge in [-0.05, 0) is 0 Å². The molecule has 4 heavy (non-hydrogen) atoms. The molecule has 0 amide bonds. The Balaban J connectivity index is 0. The Morgan fingerprint density at radius 3 is 0.750 bits per heavy atom. The van der Waals surface area contributed by atoms with Gasteiger partial charge in [0.2, 0.25) is 0 Å². The van der Waals surface area contributed by atoms with Crippen LogP contribution in [0.25, 0.3) is 0 Å². The van der Waals surface area contributed by atoms with Gasteiger partial charge in [-0.3, -0.25) is 0 Å². The van der Waals surface area contributed by atoms with Crippen LogP contribution in [-0.2, 0) is 44.1 Å². The molecule has 0 atom stereocenters. The van der Waals surface area contributed by atoms with Gasteiger partial charge in [0.15, 0.2) is 0 Å². The predicted octanol–water partition coefficient (Wildman–Crippen LogP) is -0.388. The van der Waals surface area contributed by atoms with E-state index in [1.165, 1.54) is 0 Å². The van der Waals surface area contributed by atoms with Gasteiger partial charge < -0.3 is 27.0 Å². The average Bonchev–Trinajstić information content (AvgIpc) is 0. The second-order valence-electron chi connectivity index (χ2n) is 0. The van der Waals surface area contributed by atoms with Gasteiger partial charge in [-0.2, -0.15) is 0 Å². The maximum absolute atomic E-state index is 0. The first kappa shape index (κ1) is 29.2. The van der Waals surface area contributed by atoms with Crippen LogP contribution in [0.5, 0.6) is 0 Å². The van der Waals surface area contributed by atoms with Crippen LogP contribution in [0, 0.1) is 0 Å². The third-order valence-electron chi connectivity index (χ3n) is 0. The summed E-state index contributed by atoms with van der Waals surface area (Å²) in [6.45, 7) is 0. The Morgan fingerprint density at radius 2 is 0.750 bits per heavy atom. The molecule has 0 aromatic rings. The Hall–Kier alpha value is 2.79. The summed E-state index contributed by atoms with van der Waals surface area (Å²) in [6.07, 6.45) is 0. The molecule has 25 valence electrons. The molecule has 0 nitrogen and oxygen atoms in total. The van der Waals surface area contributed by atoms with E-state index >= 15 is 0 Å². The van der Waals surface area contributed by atoms with Crippen LogP contribution >= 0.6 is 0 Å². The molecule has 0 N–H and O–H groups in total. The summed E-state index contributed by atoms with van der Waals surface area (Å²) >= 11 is 0. The quantitative estimate of drug-likeness (QED) is 0.523. The van der Waals surface area contributed by atoms with E-state index in [0.717, 1.165) is 0 Å². The topological polar surface area (TPSA) is 0 Å². The predicted molar refractivity (Wildman–Crippen MR) is 20.5 cm³/mol. The second kappa shape index (κ2) is 17.1. The summed E-state index contributed by atoms with van der Waals surface area (Å²) in [5.74, 6) is 0. The molecule has 0 rings (SSSR count). The SMILES string of the molecule is [Ba+2].[Cu+2].[S-2].[S-2]. The van der Waals surface area contributed by atoms with Crippen molar-refractivity contribution in [3.8, 4) is 0 Å². The minimum absolute atomic E-state index is 0. The van der Waals surface area contributed by atoms with Crippen molar-refractivity contribution in [1.29, 1.82) is 0 Å². The minimum atomic E-state index is 0. The summed E-state index contributed by atoms with van der Waals surface area (Å²) in [6, 6.07) is 0. The van der Waals surface area contributed by atoms with Crippen molar-refractivity contribution in [2.75, 3.05) is 0 Å². The molecule has 0 aliphatic rings. The van der Waals surface area contributed by atoms with Crippen LogP contribution in [0.3, 0.4) is 0 Å². The summed E-state index contributed by atoms with van der Waals surface area (Å²) in [4.78, 5) is 0. The fourth-order valence-corrected chi connectivity index (χ4v) is 0. The molecule has 0 unspecified atom stereocenters. The second-order valence-corrected chi connectivity index (χ2v) is 0. The zero-order chi connectivity index (χ0) is 0. The standard InChI is InChI=1S/Ba.Cu.2S/q2*+2;2*-2. The van der Waals surface area contributed by atoms with E-state index in [9.17, 15) is 0 Å². The number of hydrogen-bond donors (Lipinski definition) is 0. The van der Waals surface area contributed by atoms with Crippen LogP contribution in [-0.4, -0.2) is 48.9 Å². The van der Waals surface area contributed by atoms with Crippen molar-refractivity contribution >= 4 is 75.9 Å². The molecular formula is BaCuS2. The molecule has 0 spiro atoms. The van der Waals surface area contributed by atoms with Crippen LogP contribution < -0.4 is 0 Å². The van der Waals surface area contributed by atoms with Crippen LogP contribution in [0.2, 0.25) is 0 Å². The summed E-state index contributed by atoms with van der Waals surface area (Å²) in [5.41, 5.74) is 0. The molecule has 0 fully saturated rings. The van der Waals surface area contributed by atoms with Gasteiger partial charge in [0.05, 0.1) is 0 Å². The largest absolute Gasteiger partial charge is 2.00 e. The maximum atomic E-state index is 0. The van der Waals surface area contributed by atoms with Gasteiger partial charge in [-0.25, -0.2) is 0 Å². The summed E-state index contributed by atoms with van der Waals surface area (Å²) in [7, 11) is 0. The zero-order valence-electron chi connectivity index (χ0n) is 1.83. The third kappa shape index (κ3) is 8.84. The summed E-state index contributed by atoms with van der Waals surface area (Å²) < 4.78 is 0. The molecule has 0 bridgehead atoms. The van der Waals surface area contributed by atoms with E-state index in [-0.39, 0.29) is 92.9 Å². The van der Waals surface area contributed by atoms with Crippen molar-refractivity contribution in [3.05, 3.63) is 0 Å². The number of hydrogen-bond acceptors (Lipinski definition) is 0. The molecule has 0 saturated heterocycles. The smallest absolute Gasteiger partial charge is 2.00 e. The first-order valence-corrected chi connectivity index (χ1v) is 0. The molecule has 0 saturated carbocycles. The Morgan fingerprint density at radius 1 is 0.750 bits per heavy atom. The molecule has 0 heterocycles. The first-order valence-electron chi connectivity index (χ1n) is 0. The van der Waals surface area contributed by atoms with Gasteiger partial charge in [0.1, 0.15) is 0 Å². The van der Waals surface area contributed by atoms with Crippen LogP contribution in [0.1, 0.15) is 0 Å². The Bertz CT molecular complexity index is 6.00.